The number of hydrogen-bond acceptors (Lipinski definition) is 4. The van der Waals surface area contributed by atoms with Gasteiger partial charge in [0.2, 0.25) is 0 Å². The number of benzene rings is 2. The van der Waals surface area contributed by atoms with Crippen LogP contribution in [0.25, 0.3) is 23.2 Å². The van der Waals surface area contributed by atoms with Gasteiger partial charge in [-0.3, -0.25) is 9.78 Å². The van der Waals surface area contributed by atoms with Crippen molar-refractivity contribution in [3.8, 4) is 0 Å². The predicted molar refractivity (Wildman–Crippen MR) is 120 cm³/mol. The number of nitrogens with one attached hydrogen (secondary N) is 1. The van der Waals surface area contributed by atoms with Crippen molar-refractivity contribution in [2.24, 2.45) is 0 Å². The van der Waals surface area contributed by atoms with Gasteiger partial charge in [-0.15, -0.1) is 0 Å². The standard InChI is InChI=1S/C24H20N4OS/c29-24(27-19-9-10-19)21-6-1-2-7-23(21)30-20-11-8-17-16-26-28(22(17)15-20)14-12-18-5-3-4-13-25-18/h1-8,11-16,19H,9-10H2,(H,27,29). The van der Waals surface area contributed by atoms with Crippen molar-refractivity contribution < 1.29 is 4.79 Å². The average molecular weight is 413 g/mol. The van der Waals surface area contributed by atoms with E-state index in [0.717, 1.165) is 44.8 Å². The topological polar surface area (TPSA) is 59.8 Å². The van der Waals surface area contributed by atoms with E-state index in [2.05, 4.69) is 33.6 Å². The second-order valence-corrected chi connectivity index (χ2v) is 8.34. The first-order valence-electron chi connectivity index (χ1n) is 9.90. The zero-order valence-corrected chi connectivity index (χ0v) is 17.0. The number of rotatable bonds is 6. The van der Waals surface area contributed by atoms with Crippen molar-refractivity contribution in [3.05, 3.63) is 84.3 Å². The van der Waals surface area contributed by atoms with E-state index >= 15 is 0 Å². The lowest BCUT2D eigenvalue weighted by molar-refractivity contribution is 0.0948. The van der Waals surface area contributed by atoms with Crippen molar-refractivity contribution >= 4 is 40.8 Å². The molecule has 0 radical (unpaired) electrons. The Bertz CT molecular complexity index is 1230. The molecule has 0 atom stereocenters. The summed E-state index contributed by atoms with van der Waals surface area (Å²) in [6.07, 6.45) is 9.62. The molecule has 4 aromatic rings. The molecule has 2 aromatic heterocycles. The lowest BCUT2D eigenvalue weighted by atomic mass is 10.2. The molecule has 6 heteroatoms. The lowest BCUT2D eigenvalue weighted by Crippen LogP contribution is -2.25. The fourth-order valence-corrected chi connectivity index (χ4v) is 4.16. The molecule has 1 fully saturated rings. The summed E-state index contributed by atoms with van der Waals surface area (Å²) in [7, 11) is 0. The van der Waals surface area contributed by atoms with Gasteiger partial charge in [0.15, 0.2) is 0 Å². The van der Waals surface area contributed by atoms with Gasteiger partial charge < -0.3 is 5.32 Å². The minimum Gasteiger partial charge on any atom is -0.349 e. The Morgan fingerprint density at radius 1 is 1.10 bits per heavy atom. The second kappa shape index (κ2) is 8.16. The average Bonchev–Trinajstić information content (AvgIpc) is 3.50. The van der Waals surface area contributed by atoms with Gasteiger partial charge in [0.05, 0.1) is 23.0 Å². The summed E-state index contributed by atoms with van der Waals surface area (Å²) in [6, 6.07) is 20.1. The Kier molecular flexibility index (Phi) is 5.07. The number of amides is 1. The quantitative estimate of drug-likeness (QED) is 0.478. The van der Waals surface area contributed by atoms with E-state index in [1.807, 2.05) is 65.6 Å². The molecule has 5 rings (SSSR count). The van der Waals surface area contributed by atoms with Crippen LogP contribution < -0.4 is 5.32 Å². The summed E-state index contributed by atoms with van der Waals surface area (Å²) in [4.78, 5) is 18.9. The van der Waals surface area contributed by atoms with E-state index in [-0.39, 0.29) is 5.91 Å². The molecule has 0 unspecified atom stereocenters. The minimum absolute atomic E-state index is 0.00464. The van der Waals surface area contributed by atoms with E-state index in [1.165, 1.54) is 0 Å². The fraction of sp³-hybridized carbons (Fsp3) is 0.125. The molecule has 2 heterocycles. The predicted octanol–water partition coefficient (Wildman–Crippen LogP) is 5.10. The highest BCUT2D eigenvalue weighted by Crippen LogP contribution is 2.33. The van der Waals surface area contributed by atoms with Gasteiger partial charge in [-0.2, -0.15) is 5.10 Å². The molecule has 30 heavy (non-hydrogen) atoms. The van der Waals surface area contributed by atoms with Gasteiger partial charge in [0.25, 0.3) is 5.91 Å². The zero-order valence-electron chi connectivity index (χ0n) is 16.2. The van der Waals surface area contributed by atoms with Crippen molar-refractivity contribution in [2.75, 3.05) is 0 Å². The van der Waals surface area contributed by atoms with Crippen LogP contribution in [0.15, 0.2) is 82.8 Å². The smallest absolute Gasteiger partial charge is 0.252 e. The number of carbonyl (C=O) groups is 1. The number of hydrogen-bond donors (Lipinski definition) is 1. The normalized spacial score (nSPS) is 13.7. The maximum atomic E-state index is 12.6. The van der Waals surface area contributed by atoms with Gasteiger partial charge in [-0.25, -0.2) is 4.68 Å². The van der Waals surface area contributed by atoms with Crippen LogP contribution in [0, 0.1) is 0 Å². The summed E-state index contributed by atoms with van der Waals surface area (Å²) < 4.78 is 1.85. The van der Waals surface area contributed by atoms with Crippen LogP contribution in [-0.2, 0) is 0 Å². The minimum atomic E-state index is 0.00464. The van der Waals surface area contributed by atoms with E-state index in [1.54, 1.807) is 18.0 Å². The van der Waals surface area contributed by atoms with Gasteiger partial charge in [0.1, 0.15) is 0 Å². The molecule has 1 aliphatic rings. The maximum absolute atomic E-state index is 12.6. The van der Waals surface area contributed by atoms with Gasteiger partial charge >= 0.3 is 0 Å². The Morgan fingerprint density at radius 3 is 2.80 bits per heavy atom. The largest absolute Gasteiger partial charge is 0.349 e. The summed E-state index contributed by atoms with van der Waals surface area (Å²) in [5, 5.41) is 8.61. The van der Waals surface area contributed by atoms with Crippen LogP contribution in [0.2, 0.25) is 0 Å². The lowest BCUT2D eigenvalue weighted by Gasteiger charge is -2.09. The zero-order chi connectivity index (χ0) is 20.3. The van der Waals surface area contributed by atoms with Gasteiger partial charge in [0, 0.05) is 33.6 Å². The molecule has 0 aliphatic heterocycles. The Morgan fingerprint density at radius 2 is 1.97 bits per heavy atom. The van der Waals surface area contributed by atoms with Gasteiger partial charge in [-0.05, 0) is 55.3 Å². The van der Waals surface area contributed by atoms with Crippen LogP contribution in [0.5, 0.6) is 0 Å². The van der Waals surface area contributed by atoms with Crippen molar-refractivity contribution in [2.45, 2.75) is 28.7 Å². The first-order chi connectivity index (χ1) is 14.8. The fourth-order valence-electron chi connectivity index (χ4n) is 3.18. The van der Waals surface area contributed by atoms with Crippen LogP contribution in [0.3, 0.4) is 0 Å². The number of fused-ring (bicyclic) bond motifs is 1. The molecule has 148 valence electrons. The molecule has 1 amide bonds. The molecule has 0 bridgehead atoms. The Hall–Kier alpha value is -3.38. The van der Waals surface area contributed by atoms with E-state index in [9.17, 15) is 4.79 Å². The van der Waals surface area contributed by atoms with Crippen LogP contribution in [0.1, 0.15) is 28.9 Å². The first-order valence-corrected chi connectivity index (χ1v) is 10.7. The van der Waals surface area contributed by atoms with Gasteiger partial charge in [-0.1, -0.05) is 36.0 Å². The highest BCUT2D eigenvalue weighted by atomic mass is 32.2. The summed E-state index contributed by atoms with van der Waals surface area (Å²) in [6.45, 7) is 0. The van der Waals surface area contributed by atoms with Crippen LogP contribution in [0.4, 0.5) is 0 Å². The third kappa shape index (κ3) is 4.14. The Labute approximate surface area is 178 Å². The maximum Gasteiger partial charge on any atom is 0.252 e. The third-order valence-electron chi connectivity index (χ3n) is 4.92. The summed E-state index contributed by atoms with van der Waals surface area (Å²) >= 11 is 1.59. The molecule has 1 aliphatic carbocycles. The van der Waals surface area contributed by atoms with E-state index in [4.69, 9.17) is 0 Å². The summed E-state index contributed by atoms with van der Waals surface area (Å²) in [5.74, 6) is 0.00464. The van der Waals surface area contributed by atoms with Crippen molar-refractivity contribution in [1.29, 1.82) is 0 Å². The monoisotopic (exact) mass is 412 g/mol. The SMILES string of the molecule is O=C(NC1CC1)c1ccccc1Sc1ccc2cnn(C=Cc3ccccn3)c2c1. The number of aromatic nitrogens is 3. The molecular weight excluding hydrogens is 392 g/mol. The molecule has 0 saturated heterocycles. The molecule has 5 nitrogen and oxygen atoms in total. The highest BCUT2D eigenvalue weighted by Gasteiger charge is 2.24. The van der Waals surface area contributed by atoms with Crippen molar-refractivity contribution in [1.82, 2.24) is 20.1 Å². The van der Waals surface area contributed by atoms with Crippen molar-refractivity contribution in [3.63, 3.8) is 0 Å². The second-order valence-electron chi connectivity index (χ2n) is 7.23. The molecule has 0 spiro atoms. The molecule has 1 saturated carbocycles. The Balaban J connectivity index is 1.42. The number of pyridine rings is 1. The third-order valence-corrected chi connectivity index (χ3v) is 5.98. The number of nitrogens with zero attached hydrogens (tertiary/aromatic N) is 3. The van der Waals surface area contributed by atoms with E-state index in [0.29, 0.717) is 6.04 Å². The van der Waals surface area contributed by atoms with Crippen LogP contribution >= 0.6 is 11.8 Å². The highest BCUT2D eigenvalue weighted by molar-refractivity contribution is 7.99. The molecule has 1 N–H and O–H groups in total. The molecular formula is C24H20N4OS. The number of carbonyl (C=O) groups excluding carboxylic acids is 1. The van der Waals surface area contributed by atoms with E-state index < -0.39 is 0 Å². The summed E-state index contributed by atoms with van der Waals surface area (Å²) in [5.41, 5.74) is 2.60. The molecule has 2 aromatic carbocycles. The first kappa shape index (κ1) is 18.6. The van der Waals surface area contributed by atoms with Crippen LogP contribution in [-0.4, -0.2) is 26.7 Å².